The molecule has 1 rings (SSSR count). The maximum atomic E-state index is 12.2. The normalized spacial score (nSPS) is 11.1. The van der Waals surface area contributed by atoms with Crippen LogP contribution in [0.25, 0.3) is 0 Å². The predicted molar refractivity (Wildman–Crippen MR) is 57.1 cm³/mol. The quantitative estimate of drug-likeness (QED) is 0.770. The second-order valence-electron chi connectivity index (χ2n) is 3.31. The van der Waals surface area contributed by atoms with Crippen LogP contribution in [-0.4, -0.2) is 19.8 Å². The predicted octanol–water partition coefficient (Wildman–Crippen LogP) is 3.00. The summed E-state index contributed by atoms with van der Waals surface area (Å²) in [6.45, 7) is -3.24. The molecule has 0 aliphatic heterocycles. The molecule has 0 heterocycles. The Labute approximate surface area is 102 Å². The van der Waals surface area contributed by atoms with E-state index in [0.29, 0.717) is 18.7 Å². The molecule has 1 N–H and O–H groups in total. The van der Waals surface area contributed by atoms with Crippen LogP contribution in [0, 0.1) is 0 Å². The molecule has 0 radical (unpaired) electrons. The summed E-state index contributed by atoms with van der Waals surface area (Å²) in [6.07, 6.45) is 0. The highest BCUT2D eigenvalue weighted by Gasteiger charge is 2.12. The second kappa shape index (κ2) is 7.05. The van der Waals surface area contributed by atoms with Gasteiger partial charge < -0.3 is 14.8 Å². The van der Waals surface area contributed by atoms with Crippen LogP contribution in [0.15, 0.2) is 18.2 Å². The lowest BCUT2D eigenvalue weighted by Crippen LogP contribution is -2.14. The van der Waals surface area contributed by atoms with Crippen molar-refractivity contribution < 1.29 is 27.0 Å². The zero-order valence-corrected chi connectivity index (χ0v) is 9.63. The smallest absolute Gasteiger partial charge is 0.387 e. The van der Waals surface area contributed by atoms with Gasteiger partial charge >= 0.3 is 13.2 Å². The van der Waals surface area contributed by atoms with Gasteiger partial charge in [-0.3, -0.25) is 0 Å². The summed E-state index contributed by atoms with van der Waals surface area (Å²) in [4.78, 5) is 0. The van der Waals surface area contributed by atoms with Gasteiger partial charge in [0.25, 0.3) is 0 Å². The van der Waals surface area contributed by atoms with Gasteiger partial charge in [-0.15, -0.1) is 0 Å². The lowest BCUT2D eigenvalue weighted by molar-refractivity contribution is -0.0546. The minimum Gasteiger partial charge on any atom is -0.435 e. The summed E-state index contributed by atoms with van der Waals surface area (Å²) in [5.41, 5.74) is 0.443. The van der Waals surface area contributed by atoms with Gasteiger partial charge in [-0.05, 0) is 12.6 Å². The van der Waals surface area contributed by atoms with Crippen molar-refractivity contribution in [1.82, 2.24) is 5.32 Å². The molecule has 0 saturated heterocycles. The SMILES string of the molecule is CCNCc1ccc(OC(F)F)cc1OC(F)F. The van der Waals surface area contributed by atoms with Crippen LogP contribution in [-0.2, 0) is 6.54 Å². The van der Waals surface area contributed by atoms with Crippen LogP contribution in [0.5, 0.6) is 11.5 Å². The van der Waals surface area contributed by atoms with E-state index < -0.39 is 13.2 Å². The van der Waals surface area contributed by atoms with Crippen molar-refractivity contribution in [3.63, 3.8) is 0 Å². The first-order chi connectivity index (χ1) is 8.52. The van der Waals surface area contributed by atoms with Crippen LogP contribution in [0.4, 0.5) is 17.6 Å². The van der Waals surface area contributed by atoms with Crippen molar-refractivity contribution in [2.75, 3.05) is 6.54 Å². The van der Waals surface area contributed by atoms with Crippen molar-refractivity contribution >= 4 is 0 Å². The van der Waals surface area contributed by atoms with E-state index >= 15 is 0 Å². The van der Waals surface area contributed by atoms with E-state index in [1.165, 1.54) is 12.1 Å². The number of hydrogen-bond donors (Lipinski definition) is 1. The summed E-state index contributed by atoms with van der Waals surface area (Å²) in [5, 5.41) is 2.92. The molecule has 18 heavy (non-hydrogen) atoms. The molecule has 7 heteroatoms. The third kappa shape index (κ3) is 4.79. The molecule has 1 aromatic carbocycles. The topological polar surface area (TPSA) is 30.5 Å². The van der Waals surface area contributed by atoms with Crippen molar-refractivity contribution in [2.45, 2.75) is 26.7 Å². The third-order valence-corrected chi connectivity index (χ3v) is 2.05. The Balaban J connectivity index is 2.88. The number of rotatable bonds is 7. The van der Waals surface area contributed by atoms with E-state index in [9.17, 15) is 17.6 Å². The molecule has 0 fully saturated rings. The molecular weight excluding hydrogens is 254 g/mol. The van der Waals surface area contributed by atoms with E-state index in [2.05, 4.69) is 14.8 Å². The van der Waals surface area contributed by atoms with Crippen molar-refractivity contribution in [3.8, 4) is 11.5 Å². The molecular formula is C11H13F4NO2. The minimum absolute atomic E-state index is 0.177. The average molecular weight is 267 g/mol. The van der Waals surface area contributed by atoms with Gasteiger partial charge in [0.15, 0.2) is 0 Å². The number of hydrogen-bond acceptors (Lipinski definition) is 3. The largest absolute Gasteiger partial charge is 0.435 e. The van der Waals surface area contributed by atoms with Crippen LogP contribution in [0.2, 0.25) is 0 Å². The highest BCUT2D eigenvalue weighted by Crippen LogP contribution is 2.27. The van der Waals surface area contributed by atoms with Gasteiger partial charge in [-0.2, -0.15) is 17.6 Å². The van der Waals surface area contributed by atoms with Crippen LogP contribution >= 0.6 is 0 Å². The van der Waals surface area contributed by atoms with E-state index in [0.717, 1.165) is 6.07 Å². The molecule has 0 aromatic heterocycles. The standard InChI is InChI=1S/C11H13F4NO2/c1-2-16-6-7-3-4-8(17-10(12)13)5-9(7)18-11(14)15/h3-5,10-11,16H,2,6H2,1H3. The molecule has 0 amide bonds. The number of ether oxygens (including phenoxy) is 2. The first kappa shape index (κ1) is 14.6. The molecule has 0 bridgehead atoms. The zero-order valence-electron chi connectivity index (χ0n) is 9.63. The fraction of sp³-hybridized carbons (Fsp3) is 0.455. The Bertz CT molecular complexity index is 374. The first-order valence-electron chi connectivity index (χ1n) is 5.26. The number of benzene rings is 1. The molecule has 3 nitrogen and oxygen atoms in total. The molecule has 0 unspecified atom stereocenters. The number of nitrogens with one attached hydrogen (secondary N) is 1. The van der Waals surface area contributed by atoms with Crippen LogP contribution < -0.4 is 14.8 Å². The molecule has 0 spiro atoms. The Morgan fingerprint density at radius 2 is 1.78 bits per heavy atom. The second-order valence-corrected chi connectivity index (χ2v) is 3.31. The van der Waals surface area contributed by atoms with Gasteiger partial charge in [0.1, 0.15) is 11.5 Å². The molecule has 102 valence electrons. The van der Waals surface area contributed by atoms with Gasteiger partial charge in [-0.1, -0.05) is 13.0 Å². The van der Waals surface area contributed by atoms with Crippen LogP contribution in [0.1, 0.15) is 12.5 Å². The fourth-order valence-corrected chi connectivity index (χ4v) is 1.32. The maximum Gasteiger partial charge on any atom is 0.387 e. The van der Waals surface area contributed by atoms with Crippen molar-refractivity contribution in [1.29, 1.82) is 0 Å². The van der Waals surface area contributed by atoms with Crippen molar-refractivity contribution in [2.24, 2.45) is 0 Å². The summed E-state index contributed by atoms with van der Waals surface area (Å²) in [6, 6.07) is 3.69. The zero-order chi connectivity index (χ0) is 13.5. The summed E-state index contributed by atoms with van der Waals surface area (Å²) < 4.78 is 56.7. The highest BCUT2D eigenvalue weighted by molar-refractivity contribution is 5.40. The van der Waals surface area contributed by atoms with Gasteiger partial charge in [-0.25, -0.2) is 0 Å². The first-order valence-corrected chi connectivity index (χ1v) is 5.26. The molecule has 0 aliphatic rings. The van der Waals surface area contributed by atoms with Crippen molar-refractivity contribution in [3.05, 3.63) is 23.8 Å². The average Bonchev–Trinajstić information content (AvgIpc) is 2.26. The van der Waals surface area contributed by atoms with Gasteiger partial charge in [0.2, 0.25) is 0 Å². The van der Waals surface area contributed by atoms with Gasteiger partial charge in [0.05, 0.1) is 0 Å². The Morgan fingerprint density at radius 1 is 1.11 bits per heavy atom. The Morgan fingerprint density at radius 3 is 2.33 bits per heavy atom. The van der Waals surface area contributed by atoms with E-state index in [4.69, 9.17) is 0 Å². The minimum atomic E-state index is -3.02. The lowest BCUT2D eigenvalue weighted by Gasteiger charge is -2.13. The molecule has 1 aromatic rings. The van der Waals surface area contributed by atoms with Crippen LogP contribution in [0.3, 0.4) is 0 Å². The van der Waals surface area contributed by atoms with E-state index in [1.54, 1.807) is 0 Å². The fourth-order valence-electron chi connectivity index (χ4n) is 1.32. The third-order valence-electron chi connectivity index (χ3n) is 2.05. The summed E-state index contributed by atoms with van der Waals surface area (Å²) in [7, 11) is 0. The van der Waals surface area contributed by atoms with E-state index in [-0.39, 0.29) is 11.5 Å². The summed E-state index contributed by atoms with van der Waals surface area (Å²) in [5.74, 6) is -0.398. The maximum absolute atomic E-state index is 12.2. The highest BCUT2D eigenvalue weighted by atomic mass is 19.3. The molecule has 0 atom stereocenters. The summed E-state index contributed by atoms with van der Waals surface area (Å²) >= 11 is 0. The Hall–Kier alpha value is -1.50. The monoisotopic (exact) mass is 267 g/mol. The van der Waals surface area contributed by atoms with Gasteiger partial charge in [0, 0.05) is 18.2 Å². The lowest BCUT2D eigenvalue weighted by atomic mass is 10.2. The van der Waals surface area contributed by atoms with E-state index in [1.807, 2.05) is 6.92 Å². The number of halogens is 4. The molecule has 0 aliphatic carbocycles. The Kier molecular flexibility index (Phi) is 5.70. The number of alkyl halides is 4. The molecule has 0 saturated carbocycles.